The summed E-state index contributed by atoms with van der Waals surface area (Å²) in [7, 11) is 0. The number of nitrogens with two attached hydrogens (primary N) is 1. The number of carbonyl (C=O) groups excluding carboxylic acids is 1. The molecular formula is C15H16N4O3. The Morgan fingerprint density at radius 3 is 2.55 bits per heavy atom. The van der Waals surface area contributed by atoms with E-state index < -0.39 is 5.91 Å². The summed E-state index contributed by atoms with van der Waals surface area (Å²) in [5.41, 5.74) is 0.757. The molecule has 1 aromatic carbocycles. The fourth-order valence-electron chi connectivity index (χ4n) is 1.93. The molecule has 1 heterocycles. The van der Waals surface area contributed by atoms with Gasteiger partial charge in [0.05, 0.1) is 0 Å². The second-order valence-corrected chi connectivity index (χ2v) is 4.58. The number of carbonyl (C=O) groups is 1. The van der Waals surface area contributed by atoms with E-state index in [-0.39, 0.29) is 22.9 Å². The van der Waals surface area contributed by atoms with Gasteiger partial charge < -0.3 is 20.8 Å². The Morgan fingerprint density at radius 1 is 1.36 bits per heavy atom. The highest BCUT2D eigenvalue weighted by Crippen LogP contribution is 2.15. The van der Waals surface area contributed by atoms with Crippen LogP contribution < -0.4 is 11.2 Å². The van der Waals surface area contributed by atoms with E-state index in [9.17, 15) is 9.90 Å². The largest absolute Gasteiger partial charge is 0.512 e. The molecule has 22 heavy (non-hydrogen) atoms. The van der Waals surface area contributed by atoms with Crippen LogP contribution in [0.1, 0.15) is 18.2 Å². The molecule has 0 radical (unpaired) electrons. The number of allylic oxidation sites excluding steroid dienone is 1. The maximum Gasteiger partial charge on any atom is 0.262 e. The monoisotopic (exact) mass is 300 g/mol. The first-order chi connectivity index (χ1) is 10.5. The smallest absolute Gasteiger partial charge is 0.262 e. The van der Waals surface area contributed by atoms with Crippen LogP contribution in [0.2, 0.25) is 0 Å². The number of aryl methyl sites for hydroxylation is 1. The number of hydrogen-bond donors (Lipinski definition) is 3. The lowest BCUT2D eigenvalue weighted by molar-refractivity contribution is -0.112. The SMILES string of the molecule is C/C(O)=C(C(=O)Nc1cc(C)on1)/C(=N\N)c1ccccc1. The third kappa shape index (κ3) is 3.32. The molecule has 0 atom stereocenters. The minimum Gasteiger partial charge on any atom is -0.512 e. The number of anilines is 1. The molecule has 7 nitrogen and oxygen atoms in total. The van der Waals surface area contributed by atoms with E-state index in [1.807, 2.05) is 6.07 Å². The van der Waals surface area contributed by atoms with Crippen molar-refractivity contribution in [2.75, 3.05) is 5.32 Å². The topological polar surface area (TPSA) is 114 Å². The fraction of sp³-hybridized carbons (Fsp3) is 0.133. The molecule has 0 bridgehead atoms. The quantitative estimate of drug-likeness (QED) is 0.263. The second kappa shape index (κ2) is 6.57. The van der Waals surface area contributed by atoms with Crippen LogP contribution in [0.15, 0.2) is 57.4 Å². The Morgan fingerprint density at radius 2 is 2.05 bits per heavy atom. The Kier molecular flexibility index (Phi) is 4.57. The van der Waals surface area contributed by atoms with Gasteiger partial charge in [-0.3, -0.25) is 4.79 Å². The molecule has 2 rings (SSSR count). The molecule has 0 saturated carbocycles. The zero-order chi connectivity index (χ0) is 16.1. The van der Waals surface area contributed by atoms with Crippen LogP contribution in [0.5, 0.6) is 0 Å². The predicted octanol–water partition coefficient (Wildman–Crippen LogP) is 2.12. The van der Waals surface area contributed by atoms with Gasteiger partial charge in [0.1, 0.15) is 22.8 Å². The summed E-state index contributed by atoms with van der Waals surface area (Å²) >= 11 is 0. The Bertz CT molecular complexity index is 728. The molecule has 0 unspecified atom stereocenters. The van der Waals surface area contributed by atoms with Crippen molar-refractivity contribution in [2.24, 2.45) is 10.9 Å². The number of aliphatic hydroxyl groups excluding tert-OH is 1. The summed E-state index contributed by atoms with van der Waals surface area (Å²) in [6, 6.07) is 10.4. The molecule has 1 amide bonds. The van der Waals surface area contributed by atoms with E-state index in [2.05, 4.69) is 15.6 Å². The van der Waals surface area contributed by atoms with Crippen molar-refractivity contribution in [3.8, 4) is 0 Å². The van der Waals surface area contributed by atoms with Gasteiger partial charge in [-0.05, 0) is 13.8 Å². The lowest BCUT2D eigenvalue weighted by Gasteiger charge is -2.10. The lowest BCUT2D eigenvalue weighted by atomic mass is 10.0. The number of amides is 1. The van der Waals surface area contributed by atoms with Gasteiger partial charge in [0.2, 0.25) is 0 Å². The van der Waals surface area contributed by atoms with Crippen molar-refractivity contribution in [3.63, 3.8) is 0 Å². The number of aliphatic hydroxyl groups is 1. The van der Waals surface area contributed by atoms with Gasteiger partial charge in [0, 0.05) is 11.6 Å². The summed E-state index contributed by atoms with van der Waals surface area (Å²) in [5, 5.41) is 19.7. The van der Waals surface area contributed by atoms with E-state index in [1.165, 1.54) is 6.92 Å². The number of aromatic nitrogens is 1. The minimum absolute atomic E-state index is 0.0330. The first kappa shape index (κ1) is 15.3. The molecule has 0 spiro atoms. The normalized spacial score (nSPS) is 12.7. The lowest BCUT2D eigenvalue weighted by Crippen LogP contribution is -2.24. The van der Waals surface area contributed by atoms with Crippen LogP contribution in [-0.2, 0) is 4.79 Å². The van der Waals surface area contributed by atoms with Crippen LogP contribution in [0.4, 0.5) is 5.82 Å². The highest BCUT2D eigenvalue weighted by molar-refractivity contribution is 6.30. The molecule has 114 valence electrons. The van der Waals surface area contributed by atoms with Gasteiger partial charge in [-0.2, -0.15) is 5.10 Å². The first-order valence-electron chi connectivity index (χ1n) is 6.51. The third-order valence-corrected chi connectivity index (χ3v) is 2.87. The summed E-state index contributed by atoms with van der Waals surface area (Å²) in [6.45, 7) is 3.09. The third-order valence-electron chi connectivity index (χ3n) is 2.87. The molecule has 1 aromatic heterocycles. The van der Waals surface area contributed by atoms with Crippen molar-refractivity contribution in [1.29, 1.82) is 0 Å². The van der Waals surface area contributed by atoms with Crippen molar-refractivity contribution < 1.29 is 14.4 Å². The molecule has 0 aliphatic carbocycles. The van der Waals surface area contributed by atoms with Gasteiger partial charge in [0.25, 0.3) is 5.91 Å². The Hall–Kier alpha value is -3.09. The summed E-state index contributed by atoms with van der Waals surface area (Å²) in [5.74, 6) is 5.42. The van der Waals surface area contributed by atoms with Gasteiger partial charge in [-0.1, -0.05) is 35.5 Å². The van der Waals surface area contributed by atoms with Crippen molar-refractivity contribution in [2.45, 2.75) is 13.8 Å². The molecule has 4 N–H and O–H groups in total. The average molecular weight is 300 g/mol. The molecule has 0 aliphatic rings. The molecule has 0 fully saturated rings. The standard InChI is InChI=1S/C15H16N4O3/c1-9-8-12(19-22-9)17-15(21)13(10(2)20)14(18-16)11-6-4-3-5-7-11/h3-8,20H,16H2,1-2H3,(H,17,19,21)/b13-10+,18-14-. The first-order valence-corrected chi connectivity index (χ1v) is 6.51. The Labute approximate surface area is 127 Å². The van der Waals surface area contributed by atoms with E-state index >= 15 is 0 Å². The minimum atomic E-state index is -0.582. The van der Waals surface area contributed by atoms with Crippen molar-refractivity contribution in [3.05, 3.63) is 59.1 Å². The summed E-state index contributed by atoms with van der Waals surface area (Å²) < 4.78 is 4.88. The van der Waals surface area contributed by atoms with Gasteiger partial charge >= 0.3 is 0 Å². The zero-order valence-corrected chi connectivity index (χ0v) is 12.2. The maximum absolute atomic E-state index is 12.4. The van der Waals surface area contributed by atoms with E-state index in [4.69, 9.17) is 10.4 Å². The number of hydrogen-bond acceptors (Lipinski definition) is 6. The number of rotatable bonds is 4. The average Bonchev–Trinajstić information content (AvgIpc) is 2.90. The molecule has 2 aromatic rings. The Balaban J connectivity index is 2.34. The molecular weight excluding hydrogens is 284 g/mol. The van der Waals surface area contributed by atoms with Crippen LogP contribution >= 0.6 is 0 Å². The van der Waals surface area contributed by atoms with E-state index in [1.54, 1.807) is 37.3 Å². The van der Waals surface area contributed by atoms with Gasteiger partial charge in [-0.25, -0.2) is 0 Å². The van der Waals surface area contributed by atoms with E-state index in [0.717, 1.165) is 0 Å². The fourth-order valence-corrected chi connectivity index (χ4v) is 1.93. The zero-order valence-electron chi connectivity index (χ0n) is 12.2. The highest BCUT2D eigenvalue weighted by Gasteiger charge is 2.22. The maximum atomic E-state index is 12.4. The van der Waals surface area contributed by atoms with Crippen molar-refractivity contribution >= 4 is 17.4 Å². The number of benzene rings is 1. The second-order valence-electron chi connectivity index (χ2n) is 4.58. The van der Waals surface area contributed by atoms with Crippen LogP contribution in [0.25, 0.3) is 0 Å². The molecule has 0 aliphatic heterocycles. The van der Waals surface area contributed by atoms with Crippen LogP contribution in [0, 0.1) is 6.92 Å². The highest BCUT2D eigenvalue weighted by atomic mass is 16.5. The van der Waals surface area contributed by atoms with Gasteiger partial charge in [0.15, 0.2) is 5.82 Å². The predicted molar refractivity (Wildman–Crippen MR) is 82.4 cm³/mol. The molecule has 0 saturated heterocycles. The summed E-state index contributed by atoms with van der Waals surface area (Å²) in [4.78, 5) is 12.4. The summed E-state index contributed by atoms with van der Waals surface area (Å²) in [6.07, 6.45) is 0. The van der Waals surface area contributed by atoms with E-state index in [0.29, 0.717) is 11.3 Å². The van der Waals surface area contributed by atoms with Crippen molar-refractivity contribution in [1.82, 2.24) is 5.16 Å². The number of hydrazone groups is 1. The number of nitrogens with zero attached hydrogens (tertiary/aromatic N) is 2. The molecule has 7 heteroatoms. The van der Waals surface area contributed by atoms with Gasteiger partial charge in [-0.15, -0.1) is 0 Å². The van der Waals surface area contributed by atoms with Crippen LogP contribution in [0.3, 0.4) is 0 Å². The van der Waals surface area contributed by atoms with Crippen LogP contribution in [-0.4, -0.2) is 21.9 Å². The number of nitrogens with one attached hydrogen (secondary N) is 1.